The average Bonchev–Trinajstić information content (AvgIpc) is 2.63. The molecular formula is C17H27F3N4O3. The summed E-state index contributed by atoms with van der Waals surface area (Å²) in [4.78, 5) is 8.23. The van der Waals surface area contributed by atoms with Gasteiger partial charge >= 0.3 is 6.18 Å². The molecule has 27 heavy (non-hydrogen) atoms. The zero-order chi connectivity index (χ0) is 20.0. The monoisotopic (exact) mass is 392 g/mol. The average molecular weight is 392 g/mol. The maximum Gasteiger partial charge on any atom is 0.422 e. The molecule has 7 nitrogen and oxygen atoms in total. The maximum atomic E-state index is 12.3. The van der Waals surface area contributed by atoms with Crippen molar-refractivity contribution < 1.29 is 27.4 Å². The SMILES string of the molecule is CCNC(=NCc1cccnc1OCC(F)(F)F)NCCCOCCOC. The van der Waals surface area contributed by atoms with E-state index in [0.29, 0.717) is 44.4 Å². The van der Waals surface area contributed by atoms with Crippen LogP contribution in [-0.4, -0.2) is 63.7 Å². The van der Waals surface area contributed by atoms with Crippen molar-refractivity contribution in [3.8, 4) is 5.88 Å². The van der Waals surface area contributed by atoms with Crippen molar-refractivity contribution in [1.29, 1.82) is 0 Å². The van der Waals surface area contributed by atoms with Gasteiger partial charge in [0, 0.05) is 38.6 Å². The van der Waals surface area contributed by atoms with Gasteiger partial charge in [-0.25, -0.2) is 9.98 Å². The third kappa shape index (κ3) is 11.3. The molecule has 2 N–H and O–H groups in total. The van der Waals surface area contributed by atoms with Gasteiger partial charge in [-0.2, -0.15) is 13.2 Å². The highest BCUT2D eigenvalue weighted by molar-refractivity contribution is 5.79. The summed E-state index contributed by atoms with van der Waals surface area (Å²) in [5, 5.41) is 6.22. The Kier molecular flexibility index (Phi) is 11.2. The van der Waals surface area contributed by atoms with E-state index in [1.807, 2.05) is 6.92 Å². The highest BCUT2D eigenvalue weighted by Gasteiger charge is 2.29. The summed E-state index contributed by atoms with van der Waals surface area (Å²) in [6, 6.07) is 3.26. The zero-order valence-electron chi connectivity index (χ0n) is 15.6. The van der Waals surface area contributed by atoms with Crippen LogP contribution < -0.4 is 15.4 Å². The first-order valence-electron chi connectivity index (χ1n) is 8.68. The smallest absolute Gasteiger partial charge is 0.422 e. The van der Waals surface area contributed by atoms with E-state index in [1.165, 1.54) is 6.20 Å². The van der Waals surface area contributed by atoms with Crippen molar-refractivity contribution in [2.24, 2.45) is 4.99 Å². The fraction of sp³-hybridized carbons (Fsp3) is 0.647. The lowest BCUT2D eigenvalue weighted by Gasteiger charge is -2.13. The molecule has 154 valence electrons. The number of hydrogen-bond donors (Lipinski definition) is 2. The summed E-state index contributed by atoms with van der Waals surface area (Å²) in [6.45, 7) is 3.67. The van der Waals surface area contributed by atoms with Gasteiger partial charge in [0.15, 0.2) is 12.6 Å². The molecule has 0 atom stereocenters. The fourth-order valence-corrected chi connectivity index (χ4v) is 1.96. The van der Waals surface area contributed by atoms with Crippen LogP contribution in [0.5, 0.6) is 5.88 Å². The van der Waals surface area contributed by atoms with Gasteiger partial charge in [0.05, 0.1) is 19.8 Å². The lowest BCUT2D eigenvalue weighted by Crippen LogP contribution is -2.38. The number of halogens is 3. The second kappa shape index (κ2) is 13.2. The second-order valence-corrected chi connectivity index (χ2v) is 5.45. The molecule has 0 spiro atoms. The molecule has 1 aromatic heterocycles. The third-order valence-electron chi connectivity index (χ3n) is 3.16. The first-order chi connectivity index (χ1) is 13.0. The predicted molar refractivity (Wildman–Crippen MR) is 95.9 cm³/mol. The molecule has 0 radical (unpaired) electrons. The van der Waals surface area contributed by atoms with Gasteiger partial charge in [-0.05, 0) is 19.4 Å². The Morgan fingerprint density at radius 3 is 2.74 bits per heavy atom. The van der Waals surface area contributed by atoms with E-state index in [1.54, 1.807) is 19.2 Å². The Morgan fingerprint density at radius 2 is 2.04 bits per heavy atom. The number of nitrogens with zero attached hydrogens (tertiary/aromatic N) is 2. The lowest BCUT2D eigenvalue weighted by atomic mass is 10.3. The highest BCUT2D eigenvalue weighted by atomic mass is 19.4. The van der Waals surface area contributed by atoms with Crippen molar-refractivity contribution in [2.45, 2.75) is 26.1 Å². The summed E-state index contributed by atoms with van der Waals surface area (Å²) in [6.07, 6.45) is -2.26. The molecule has 10 heteroatoms. The van der Waals surface area contributed by atoms with Crippen LogP contribution in [0.1, 0.15) is 18.9 Å². The Labute approximate surface area is 157 Å². The van der Waals surface area contributed by atoms with Crippen molar-refractivity contribution in [1.82, 2.24) is 15.6 Å². The Balaban J connectivity index is 2.52. The van der Waals surface area contributed by atoms with Crippen LogP contribution in [-0.2, 0) is 16.0 Å². The van der Waals surface area contributed by atoms with Gasteiger partial charge < -0.3 is 24.8 Å². The van der Waals surface area contributed by atoms with Gasteiger partial charge in [-0.1, -0.05) is 6.07 Å². The van der Waals surface area contributed by atoms with E-state index >= 15 is 0 Å². The van der Waals surface area contributed by atoms with Crippen molar-refractivity contribution >= 4 is 5.96 Å². The number of ether oxygens (including phenoxy) is 3. The molecule has 1 aromatic rings. The topological polar surface area (TPSA) is 77.0 Å². The molecule has 0 aromatic carbocycles. The summed E-state index contributed by atoms with van der Waals surface area (Å²) in [7, 11) is 1.62. The first-order valence-corrected chi connectivity index (χ1v) is 8.68. The number of alkyl halides is 3. The Morgan fingerprint density at radius 1 is 1.22 bits per heavy atom. The minimum Gasteiger partial charge on any atom is -0.468 e. The van der Waals surface area contributed by atoms with Gasteiger partial charge in [0.25, 0.3) is 0 Å². The zero-order valence-corrected chi connectivity index (χ0v) is 15.6. The minimum atomic E-state index is -4.42. The van der Waals surface area contributed by atoms with Crippen LogP contribution in [0.25, 0.3) is 0 Å². The second-order valence-electron chi connectivity index (χ2n) is 5.45. The Hall–Kier alpha value is -2.07. The Bertz CT molecular complexity index is 556. The number of nitrogens with one attached hydrogen (secondary N) is 2. The normalized spacial score (nSPS) is 12.1. The lowest BCUT2D eigenvalue weighted by molar-refractivity contribution is -0.154. The van der Waals surface area contributed by atoms with Crippen molar-refractivity contribution in [2.75, 3.05) is 46.6 Å². The van der Waals surface area contributed by atoms with Crippen molar-refractivity contribution in [3.63, 3.8) is 0 Å². The van der Waals surface area contributed by atoms with E-state index in [-0.39, 0.29) is 12.4 Å². The van der Waals surface area contributed by atoms with E-state index in [2.05, 4.69) is 20.6 Å². The van der Waals surface area contributed by atoms with Gasteiger partial charge in [-0.3, -0.25) is 0 Å². The van der Waals surface area contributed by atoms with Crippen LogP contribution >= 0.6 is 0 Å². The molecule has 0 unspecified atom stereocenters. The predicted octanol–water partition coefficient (Wildman–Crippen LogP) is 2.13. The number of hydrogen-bond acceptors (Lipinski definition) is 5. The molecule has 1 rings (SSSR count). The molecule has 0 fully saturated rings. The number of guanidine groups is 1. The van der Waals surface area contributed by atoms with E-state index < -0.39 is 12.8 Å². The molecule has 0 aliphatic rings. The van der Waals surface area contributed by atoms with E-state index in [9.17, 15) is 13.2 Å². The number of aliphatic imine (C=N–C) groups is 1. The maximum absolute atomic E-state index is 12.3. The van der Waals surface area contributed by atoms with Crippen molar-refractivity contribution in [3.05, 3.63) is 23.9 Å². The number of pyridine rings is 1. The quantitative estimate of drug-likeness (QED) is 0.322. The number of aromatic nitrogens is 1. The van der Waals surface area contributed by atoms with Gasteiger partial charge in [0.2, 0.25) is 5.88 Å². The summed E-state index contributed by atoms with van der Waals surface area (Å²) in [5.41, 5.74) is 0.474. The number of rotatable bonds is 12. The van der Waals surface area contributed by atoms with E-state index in [0.717, 1.165) is 6.42 Å². The molecular weight excluding hydrogens is 365 g/mol. The summed E-state index contributed by atoms with van der Waals surface area (Å²) in [5.74, 6) is 0.487. The molecule has 0 bridgehead atoms. The standard InChI is InChI=1S/C17H27F3N4O3/c1-3-21-16(23-8-5-9-26-11-10-25-2)24-12-14-6-4-7-22-15(14)27-13-17(18,19)20/h4,6-7H,3,5,8-13H2,1-2H3,(H2,21,23,24). The third-order valence-corrected chi connectivity index (χ3v) is 3.16. The van der Waals surface area contributed by atoms with Crippen LogP contribution in [0.4, 0.5) is 13.2 Å². The summed E-state index contributed by atoms with van der Waals surface area (Å²) < 4.78 is 52.1. The highest BCUT2D eigenvalue weighted by Crippen LogP contribution is 2.20. The molecule has 0 amide bonds. The van der Waals surface area contributed by atoms with Crippen LogP contribution in [0.15, 0.2) is 23.3 Å². The van der Waals surface area contributed by atoms with Gasteiger partial charge in [0.1, 0.15) is 0 Å². The van der Waals surface area contributed by atoms with Gasteiger partial charge in [-0.15, -0.1) is 0 Å². The molecule has 0 saturated heterocycles. The largest absolute Gasteiger partial charge is 0.468 e. The fourth-order valence-electron chi connectivity index (χ4n) is 1.96. The molecule has 1 heterocycles. The summed E-state index contributed by atoms with van der Waals surface area (Å²) >= 11 is 0. The van der Waals surface area contributed by atoms with Crippen LogP contribution in [0.3, 0.4) is 0 Å². The number of methoxy groups -OCH3 is 1. The van der Waals surface area contributed by atoms with E-state index in [4.69, 9.17) is 14.2 Å². The van der Waals surface area contributed by atoms with Crippen LogP contribution in [0.2, 0.25) is 0 Å². The van der Waals surface area contributed by atoms with Crippen LogP contribution in [0, 0.1) is 0 Å². The first kappa shape index (κ1) is 23.0. The molecule has 0 aliphatic carbocycles. The molecule has 0 saturated carbocycles. The minimum absolute atomic E-state index is 0.0685. The molecule has 0 aliphatic heterocycles.